The molecule has 148 valence electrons. The van der Waals surface area contributed by atoms with E-state index in [9.17, 15) is 9.59 Å². The number of thioether (sulfide) groups is 1. The zero-order chi connectivity index (χ0) is 19.9. The molecule has 1 aliphatic heterocycles. The van der Waals surface area contributed by atoms with Crippen molar-refractivity contribution in [2.45, 2.75) is 4.90 Å². The van der Waals surface area contributed by atoms with Crippen molar-refractivity contribution in [3.05, 3.63) is 53.6 Å². The van der Waals surface area contributed by atoms with Gasteiger partial charge >= 0.3 is 0 Å². The van der Waals surface area contributed by atoms with E-state index < -0.39 is 0 Å². The number of anilines is 2. The summed E-state index contributed by atoms with van der Waals surface area (Å²) in [6.07, 6.45) is 0. The van der Waals surface area contributed by atoms with Crippen molar-refractivity contribution in [1.82, 2.24) is 4.90 Å². The molecule has 6 nitrogen and oxygen atoms in total. The molecule has 8 heteroatoms. The normalized spacial score (nSPS) is 14.7. The summed E-state index contributed by atoms with van der Waals surface area (Å²) in [7, 11) is 0. The van der Waals surface area contributed by atoms with Crippen LogP contribution in [0.25, 0.3) is 0 Å². The van der Waals surface area contributed by atoms with Crippen LogP contribution in [0.15, 0.2) is 53.4 Å². The molecule has 2 aromatic rings. The van der Waals surface area contributed by atoms with Crippen molar-refractivity contribution in [3.8, 4) is 0 Å². The third-order valence-corrected chi connectivity index (χ3v) is 5.88. The maximum absolute atomic E-state index is 12.5. The number of para-hydroxylation sites is 2. The van der Waals surface area contributed by atoms with Crippen LogP contribution < -0.4 is 16.0 Å². The van der Waals surface area contributed by atoms with Crippen molar-refractivity contribution >= 4 is 46.6 Å². The van der Waals surface area contributed by atoms with Crippen LogP contribution in [0.4, 0.5) is 11.4 Å². The summed E-state index contributed by atoms with van der Waals surface area (Å²) in [6.45, 7) is 3.54. The van der Waals surface area contributed by atoms with Gasteiger partial charge in [-0.15, -0.1) is 11.8 Å². The standard InChI is InChI=1S/C20H23ClN4O2S/c21-15-5-1-3-7-17(15)25-11-9-24(10-12-25)13-20(27)23-16-6-2-4-8-18(16)28-14-19(22)26/h1-8H,9-14H2,(H2,22,26)(H,23,27). The van der Waals surface area contributed by atoms with Crippen molar-refractivity contribution in [2.75, 3.05) is 48.7 Å². The first-order valence-corrected chi connectivity index (χ1v) is 10.4. The lowest BCUT2D eigenvalue weighted by Crippen LogP contribution is -2.48. The number of benzene rings is 2. The van der Waals surface area contributed by atoms with Gasteiger partial charge in [0.25, 0.3) is 0 Å². The van der Waals surface area contributed by atoms with E-state index in [4.69, 9.17) is 17.3 Å². The van der Waals surface area contributed by atoms with Crippen molar-refractivity contribution in [2.24, 2.45) is 5.73 Å². The second kappa shape index (κ2) is 9.82. The summed E-state index contributed by atoms with van der Waals surface area (Å²) in [5.41, 5.74) is 6.95. The van der Waals surface area contributed by atoms with E-state index in [0.717, 1.165) is 41.8 Å². The van der Waals surface area contributed by atoms with E-state index in [1.54, 1.807) is 0 Å². The Labute approximate surface area is 174 Å². The Bertz CT molecular complexity index is 840. The third kappa shape index (κ3) is 5.64. The number of nitrogens with zero attached hydrogens (tertiary/aromatic N) is 2. The topological polar surface area (TPSA) is 78.7 Å². The highest BCUT2D eigenvalue weighted by Gasteiger charge is 2.20. The van der Waals surface area contributed by atoms with Crippen LogP contribution in [-0.2, 0) is 9.59 Å². The molecular formula is C20H23ClN4O2S. The first kappa shape index (κ1) is 20.5. The predicted octanol–water partition coefficient (Wildman–Crippen LogP) is 2.68. The molecule has 0 radical (unpaired) electrons. The number of rotatable bonds is 7. The molecule has 1 heterocycles. The van der Waals surface area contributed by atoms with Crippen LogP contribution in [-0.4, -0.2) is 55.2 Å². The lowest BCUT2D eigenvalue weighted by Gasteiger charge is -2.36. The smallest absolute Gasteiger partial charge is 0.238 e. The number of carbonyl (C=O) groups excluding carboxylic acids is 2. The molecule has 0 bridgehead atoms. The Morgan fingerprint density at radius 3 is 2.43 bits per heavy atom. The Kier molecular flexibility index (Phi) is 7.19. The maximum atomic E-state index is 12.5. The predicted molar refractivity (Wildman–Crippen MR) is 115 cm³/mol. The van der Waals surface area contributed by atoms with Crippen LogP contribution in [0.2, 0.25) is 5.02 Å². The molecule has 0 saturated carbocycles. The average Bonchev–Trinajstić information content (AvgIpc) is 2.68. The zero-order valence-electron chi connectivity index (χ0n) is 15.4. The van der Waals surface area contributed by atoms with E-state index in [0.29, 0.717) is 12.2 Å². The maximum Gasteiger partial charge on any atom is 0.238 e. The number of halogens is 1. The van der Waals surface area contributed by atoms with E-state index in [1.807, 2.05) is 48.5 Å². The molecule has 3 rings (SSSR count). The largest absolute Gasteiger partial charge is 0.369 e. The van der Waals surface area contributed by atoms with Gasteiger partial charge in [-0.1, -0.05) is 35.9 Å². The van der Waals surface area contributed by atoms with Gasteiger partial charge in [0.15, 0.2) is 0 Å². The molecule has 2 amide bonds. The van der Waals surface area contributed by atoms with Gasteiger partial charge in [0.1, 0.15) is 0 Å². The van der Waals surface area contributed by atoms with Gasteiger partial charge in [-0.3, -0.25) is 14.5 Å². The summed E-state index contributed by atoms with van der Waals surface area (Å²) in [6, 6.07) is 15.2. The molecular weight excluding hydrogens is 396 g/mol. The van der Waals surface area contributed by atoms with Crippen LogP contribution in [0.1, 0.15) is 0 Å². The fourth-order valence-electron chi connectivity index (χ4n) is 3.09. The van der Waals surface area contributed by atoms with Crippen LogP contribution in [0.5, 0.6) is 0 Å². The molecule has 0 aromatic heterocycles. The minimum atomic E-state index is -0.387. The number of amides is 2. The van der Waals surface area contributed by atoms with Crippen LogP contribution in [0, 0.1) is 0 Å². The van der Waals surface area contributed by atoms with Crippen LogP contribution >= 0.6 is 23.4 Å². The first-order chi connectivity index (χ1) is 13.5. The first-order valence-electron chi connectivity index (χ1n) is 9.05. The average molecular weight is 419 g/mol. The van der Waals surface area contributed by atoms with Crippen molar-refractivity contribution in [1.29, 1.82) is 0 Å². The lowest BCUT2D eigenvalue weighted by molar-refractivity contribution is -0.117. The van der Waals surface area contributed by atoms with Crippen LogP contribution in [0.3, 0.4) is 0 Å². The summed E-state index contributed by atoms with van der Waals surface area (Å²) < 4.78 is 0. The van der Waals surface area contributed by atoms with E-state index in [2.05, 4.69) is 15.1 Å². The molecule has 0 aliphatic carbocycles. The zero-order valence-corrected chi connectivity index (χ0v) is 17.0. The lowest BCUT2D eigenvalue weighted by atomic mass is 10.2. The quantitative estimate of drug-likeness (QED) is 0.676. The fraction of sp³-hybridized carbons (Fsp3) is 0.300. The number of nitrogens with two attached hydrogens (primary N) is 1. The van der Waals surface area contributed by atoms with Crippen molar-refractivity contribution < 1.29 is 9.59 Å². The van der Waals surface area contributed by atoms with Gasteiger partial charge in [-0.2, -0.15) is 0 Å². The second-order valence-corrected chi connectivity index (χ2v) is 7.94. The van der Waals surface area contributed by atoms with Gasteiger partial charge in [-0.05, 0) is 24.3 Å². The fourth-order valence-corrected chi connectivity index (χ4v) is 4.09. The van der Waals surface area contributed by atoms with Gasteiger partial charge in [0.05, 0.1) is 28.7 Å². The highest BCUT2D eigenvalue weighted by atomic mass is 35.5. The van der Waals surface area contributed by atoms with Crippen molar-refractivity contribution in [3.63, 3.8) is 0 Å². The van der Waals surface area contributed by atoms with E-state index >= 15 is 0 Å². The summed E-state index contributed by atoms with van der Waals surface area (Å²) in [5.74, 6) is -0.280. The summed E-state index contributed by atoms with van der Waals surface area (Å²) in [4.78, 5) is 28.7. The monoisotopic (exact) mass is 418 g/mol. The number of piperazine rings is 1. The van der Waals surface area contributed by atoms with E-state index in [1.165, 1.54) is 11.8 Å². The Morgan fingerprint density at radius 2 is 1.71 bits per heavy atom. The number of hydrogen-bond donors (Lipinski definition) is 2. The van der Waals surface area contributed by atoms with Gasteiger partial charge < -0.3 is 16.0 Å². The molecule has 28 heavy (non-hydrogen) atoms. The highest BCUT2D eigenvalue weighted by Crippen LogP contribution is 2.27. The molecule has 0 spiro atoms. The minimum Gasteiger partial charge on any atom is -0.369 e. The number of primary amides is 1. The molecule has 1 saturated heterocycles. The Hall–Kier alpha value is -2.22. The third-order valence-electron chi connectivity index (χ3n) is 4.46. The van der Waals surface area contributed by atoms with Gasteiger partial charge in [-0.25, -0.2) is 0 Å². The summed E-state index contributed by atoms with van der Waals surface area (Å²) >= 11 is 7.60. The van der Waals surface area contributed by atoms with Gasteiger partial charge in [0, 0.05) is 31.1 Å². The van der Waals surface area contributed by atoms with Gasteiger partial charge in [0.2, 0.25) is 11.8 Å². The number of carbonyl (C=O) groups is 2. The molecule has 2 aromatic carbocycles. The van der Waals surface area contributed by atoms with E-state index in [-0.39, 0.29) is 17.6 Å². The Balaban J connectivity index is 1.51. The molecule has 0 atom stereocenters. The minimum absolute atomic E-state index is 0.0710. The molecule has 0 unspecified atom stereocenters. The highest BCUT2D eigenvalue weighted by molar-refractivity contribution is 8.00. The SMILES string of the molecule is NC(=O)CSc1ccccc1NC(=O)CN1CCN(c2ccccc2Cl)CC1. The molecule has 1 fully saturated rings. The number of hydrogen-bond acceptors (Lipinski definition) is 5. The second-order valence-electron chi connectivity index (χ2n) is 6.51. The molecule has 3 N–H and O–H groups in total. The number of nitrogens with one attached hydrogen (secondary N) is 1. The molecule has 1 aliphatic rings. The summed E-state index contributed by atoms with van der Waals surface area (Å²) in [5, 5.41) is 3.69. The Morgan fingerprint density at radius 1 is 1.04 bits per heavy atom.